The van der Waals surface area contributed by atoms with Gasteiger partial charge in [0, 0.05) is 24.5 Å². The van der Waals surface area contributed by atoms with Crippen LogP contribution in [-0.4, -0.2) is 44.3 Å². The van der Waals surface area contributed by atoms with E-state index in [1.807, 2.05) is 43.3 Å². The first-order valence-corrected chi connectivity index (χ1v) is 8.75. The first-order valence-electron chi connectivity index (χ1n) is 8.75. The summed E-state index contributed by atoms with van der Waals surface area (Å²) in [7, 11) is 0. The number of amides is 2. The van der Waals surface area contributed by atoms with Gasteiger partial charge >= 0.3 is 11.8 Å². The topological polar surface area (TPSA) is 83.0 Å². The van der Waals surface area contributed by atoms with Gasteiger partial charge in [0.05, 0.1) is 19.4 Å². The van der Waals surface area contributed by atoms with E-state index in [0.29, 0.717) is 5.69 Å². The Balaban J connectivity index is 1.49. The Hall–Kier alpha value is -3.19. The number of ether oxygens (including phenoxy) is 1. The summed E-state index contributed by atoms with van der Waals surface area (Å²) in [4.78, 5) is 25.9. The first-order chi connectivity index (χ1) is 13.1. The molecule has 2 amide bonds. The molecule has 1 aliphatic rings. The van der Waals surface area contributed by atoms with Crippen molar-refractivity contribution in [2.45, 2.75) is 6.92 Å². The maximum atomic E-state index is 11.8. The minimum atomic E-state index is -0.822. The fourth-order valence-electron chi connectivity index (χ4n) is 2.63. The fraction of sp³-hybridized carbons (Fsp3) is 0.250. The van der Waals surface area contributed by atoms with Crippen molar-refractivity contribution in [1.82, 2.24) is 5.43 Å². The molecule has 0 radical (unpaired) electrons. The molecule has 1 aliphatic heterocycles. The first kappa shape index (κ1) is 18.6. The highest BCUT2D eigenvalue weighted by molar-refractivity contribution is 6.39. The van der Waals surface area contributed by atoms with E-state index in [0.717, 1.165) is 43.1 Å². The van der Waals surface area contributed by atoms with Crippen LogP contribution in [-0.2, 0) is 14.3 Å². The number of hydrogen-bond acceptors (Lipinski definition) is 5. The van der Waals surface area contributed by atoms with E-state index < -0.39 is 11.8 Å². The number of anilines is 2. The molecule has 3 rings (SSSR count). The number of carbonyl (C=O) groups is 2. The lowest BCUT2D eigenvalue weighted by molar-refractivity contribution is -0.136. The van der Waals surface area contributed by atoms with Crippen molar-refractivity contribution in [2.24, 2.45) is 5.10 Å². The van der Waals surface area contributed by atoms with Gasteiger partial charge in [-0.25, -0.2) is 5.43 Å². The normalized spacial score (nSPS) is 14.2. The zero-order valence-electron chi connectivity index (χ0n) is 15.1. The Morgan fingerprint density at radius 1 is 1.00 bits per heavy atom. The van der Waals surface area contributed by atoms with Crippen LogP contribution in [0.4, 0.5) is 11.4 Å². The molecule has 0 spiro atoms. The molecule has 2 aromatic carbocycles. The maximum absolute atomic E-state index is 11.8. The summed E-state index contributed by atoms with van der Waals surface area (Å²) in [6.45, 7) is 5.17. The summed E-state index contributed by atoms with van der Waals surface area (Å²) in [6.07, 6.45) is 1.50. The van der Waals surface area contributed by atoms with E-state index >= 15 is 0 Å². The van der Waals surface area contributed by atoms with Gasteiger partial charge in [0.15, 0.2) is 0 Å². The van der Waals surface area contributed by atoms with Gasteiger partial charge in [-0.3, -0.25) is 9.59 Å². The summed E-state index contributed by atoms with van der Waals surface area (Å²) < 4.78 is 5.35. The van der Waals surface area contributed by atoms with E-state index in [2.05, 4.69) is 20.7 Å². The number of benzene rings is 2. The number of carbonyl (C=O) groups excluding carboxylic acids is 2. The van der Waals surface area contributed by atoms with Crippen LogP contribution >= 0.6 is 0 Å². The van der Waals surface area contributed by atoms with Crippen molar-refractivity contribution in [3.63, 3.8) is 0 Å². The third-order valence-corrected chi connectivity index (χ3v) is 4.16. The van der Waals surface area contributed by atoms with Crippen molar-refractivity contribution in [3.05, 3.63) is 59.7 Å². The predicted molar refractivity (Wildman–Crippen MR) is 105 cm³/mol. The van der Waals surface area contributed by atoms with Gasteiger partial charge in [-0.1, -0.05) is 29.8 Å². The third-order valence-electron chi connectivity index (χ3n) is 4.16. The monoisotopic (exact) mass is 366 g/mol. The average molecular weight is 366 g/mol. The summed E-state index contributed by atoms with van der Waals surface area (Å²) >= 11 is 0. The molecule has 0 atom stereocenters. The molecule has 2 aromatic rings. The molecule has 0 saturated carbocycles. The van der Waals surface area contributed by atoms with Crippen LogP contribution in [0.25, 0.3) is 0 Å². The number of hydrazone groups is 1. The molecule has 7 heteroatoms. The molecule has 0 aliphatic carbocycles. The third kappa shape index (κ3) is 5.39. The van der Waals surface area contributed by atoms with Gasteiger partial charge in [0.1, 0.15) is 0 Å². The lowest BCUT2D eigenvalue weighted by atomic mass is 10.2. The van der Waals surface area contributed by atoms with Crippen molar-refractivity contribution < 1.29 is 14.3 Å². The summed E-state index contributed by atoms with van der Waals surface area (Å²) in [5.41, 5.74) is 5.81. The van der Waals surface area contributed by atoms with Crippen LogP contribution in [0.5, 0.6) is 0 Å². The number of nitrogens with zero attached hydrogens (tertiary/aromatic N) is 2. The average Bonchev–Trinajstić information content (AvgIpc) is 2.71. The quantitative estimate of drug-likeness (QED) is 0.492. The van der Waals surface area contributed by atoms with Gasteiger partial charge in [0.25, 0.3) is 0 Å². The molecule has 1 saturated heterocycles. The zero-order valence-corrected chi connectivity index (χ0v) is 15.1. The standard InChI is InChI=1S/C20H22N4O3/c1-15-2-6-17(7-3-15)22-19(25)20(26)23-21-14-16-4-8-18(9-5-16)24-10-12-27-13-11-24/h2-9,14H,10-13H2,1H3,(H,22,25)(H,23,26)/b21-14-. The Morgan fingerprint density at radius 2 is 1.67 bits per heavy atom. The second kappa shape index (κ2) is 8.95. The molecule has 0 bridgehead atoms. The highest BCUT2D eigenvalue weighted by atomic mass is 16.5. The second-order valence-electron chi connectivity index (χ2n) is 6.21. The van der Waals surface area contributed by atoms with Gasteiger partial charge in [-0.05, 0) is 36.8 Å². The second-order valence-corrected chi connectivity index (χ2v) is 6.21. The van der Waals surface area contributed by atoms with Crippen LogP contribution in [0.1, 0.15) is 11.1 Å². The minimum Gasteiger partial charge on any atom is -0.378 e. The molecular formula is C20H22N4O3. The number of hydrogen-bond donors (Lipinski definition) is 2. The Bertz CT molecular complexity index is 810. The summed E-state index contributed by atoms with van der Waals surface area (Å²) in [6, 6.07) is 15.0. The van der Waals surface area contributed by atoms with Crippen LogP contribution in [0.15, 0.2) is 53.6 Å². The summed E-state index contributed by atoms with van der Waals surface area (Å²) in [5, 5.41) is 6.36. The molecule has 7 nitrogen and oxygen atoms in total. The van der Waals surface area contributed by atoms with Gasteiger partial charge in [-0.15, -0.1) is 0 Å². The van der Waals surface area contributed by atoms with Crippen LogP contribution < -0.4 is 15.6 Å². The fourth-order valence-corrected chi connectivity index (χ4v) is 2.63. The maximum Gasteiger partial charge on any atom is 0.329 e. The molecule has 2 N–H and O–H groups in total. The highest BCUT2D eigenvalue weighted by Crippen LogP contribution is 2.16. The number of rotatable bonds is 4. The van der Waals surface area contributed by atoms with Crippen LogP contribution in [0, 0.1) is 6.92 Å². The zero-order chi connectivity index (χ0) is 19.1. The molecule has 1 fully saturated rings. The predicted octanol–water partition coefficient (Wildman–Crippen LogP) is 1.92. The Morgan fingerprint density at radius 3 is 2.33 bits per heavy atom. The lowest BCUT2D eigenvalue weighted by Crippen LogP contribution is -2.36. The van der Waals surface area contributed by atoms with Crippen molar-refractivity contribution in [2.75, 3.05) is 36.5 Å². The molecule has 0 aromatic heterocycles. The van der Waals surface area contributed by atoms with E-state index in [4.69, 9.17) is 4.74 Å². The van der Waals surface area contributed by atoms with Crippen LogP contribution in [0.3, 0.4) is 0 Å². The van der Waals surface area contributed by atoms with E-state index in [9.17, 15) is 9.59 Å². The molecule has 140 valence electrons. The highest BCUT2D eigenvalue weighted by Gasteiger charge is 2.13. The number of aryl methyl sites for hydroxylation is 1. The Kier molecular flexibility index (Phi) is 6.17. The van der Waals surface area contributed by atoms with Gasteiger partial charge < -0.3 is 15.0 Å². The van der Waals surface area contributed by atoms with Crippen molar-refractivity contribution in [3.8, 4) is 0 Å². The molecule has 0 unspecified atom stereocenters. The van der Waals surface area contributed by atoms with E-state index in [-0.39, 0.29) is 0 Å². The Labute approximate surface area is 158 Å². The lowest BCUT2D eigenvalue weighted by Gasteiger charge is -2.28. The number of morpholine rings is 1. The van der Waals surface area contributed by atoms with Crippen molar-refractivity contribution in [1.29, 1.82) is 0 Å². The van der Waals surface area contributed by atoms with Gasteiger partial charge in [-0.2, -0.15) is 5.10 Å². The SMILES string of the molecule is Cc1ccc(NC(=O)C(=O)N/N=C\c2ccc(N3CCOCC3)cc2)cc1. The smallest absolute Gasteiger partial charge is 0.329 e. The minimum absolute atomic E-state index is 0.559. The van der Waals surface area contributed by atoms with Gasteiger partial charge in [0.2, 0.25) is 0 Å². The van der Waals surface area contributed by atoms with E-state index in [1.165, 1.54) is 6.21 Å². The van der Waals surface area contributed by atoms with Crippen molar-refractivity contribution >= 4 is 29.4 Å². The number of nitrogens with one attached hydrogen (secondary N) is 2. The molecule has 27 heavy (non-hydrogen) atoms. The summed E-state index contributed by atoms with van der Waals surface area (Å²) in [5.74, 6) is -1.59. The van der Waals surface area contributed by atoms with E-state index in [1.54, 1.807) is 12.1 Å². The molecule has 1 heterocycles. The molecular weight excluding hydrogens is 344 g/mol. The largest absolute Gasteiger partial charge is 0.378 e. The van der Waals surface area contributed by atoms with Crippen LogP contribution in [0.2, 0.25) is 0 Å².